The number of hydrogen-bond donors (Lipinski definition) is 3. The normalized spacial score (nSPS) is 11.4. The van der Waals surface area contributed by atoms with Gasteiger partial charge < -0.3 is 15.3 Å². The largest absolute Gasteiger partial charge is 0.475 e. The number of aromatic carboxylic acids is 1. The fourth-order valence-electron chi connectivity index (χ4n) is 1.28. The van der Waals surface area contributed by atoms with Crippen molar-refractivity contribution in [3.8, 4) is 0 Å². The van der Waals surface area contributed by atoms with E-state index in [1.54, 1.807) is 0 Å². The lowest BCUT2D eigenvalue weighted by molar-refractivity contribution is -0.118. The lowest BCUT2D eigenvalue weighted by Crippen LogP contribution is -2.24. The summed E-state index contributed by atoms with van der Waals surface area (Å²) in [6.07, 6.45) is 1.09. The third-order valence-electron chi connectivity index (χ3n) is 2.20. The Morgan fingerprint density at radius 2 is 2.00 bits per heavy atom. The first-order chi connectivity index (χ1) is 8.83. The number of carboxylic acids is 1. The second-order valence-corrected chi connectivity index (χ2v) is 5.44. The number of carbonyl (C=O) groups is 2. The summed E-state index contributed by atoms with van der Waals surface area (Å²) in [5.41, 5.74) is 4.93. The van der Waals surface area contributed by atoms with Crippen molar-refractivity contribution in [1.29, 1.82) is 0 Å². The number of hydrogen-bond acceptors (Lipinski definition) is 5. The third kappa shape index (κ3) is 4.72. The second-order valence-electron chi connectivity index (χ2n) is 3.75. The number of rotatable bonds is 8. The SMILES string of the molecule is NC(=O)CCCCNS(=O)(=O)c1ccc(C(=O)O)o1. The Balaban J connectivity index is 2.51. The van der Waals surface area contributed by atoms with Crippen LogP contribution in [0.2, 0.25) is 0 Å². The molecule has 8 nitrogen and oxygen atoms in total. The molecule has 0 atom stereocenters. The Hall–Kier alpha value is -1.87. The first kappa shape index (κ1) is 15.2. The average Bonchev–Trinajstić information content (AvgIpc) is 2.77. The summed E-state index contributed by atoms with van der Waals surface area (Å²) in [6, 6.07) is 2.12. The van der Waals surface area contributed by atoms with E-state index in [4.69, 9.17) is 10.8 Å². The van der Waals surface area contributed by atoms with Crippen LogP contribution in [0, 0.1) is 0 Å². The third-order valence-corrected chi connectivity index (χ3v) is 3.53. The molecular formula is C10H14N2O6S. The highest BCUT2D eigenvalue weighted by Crippen LogP contribution is 2.13. The van der Waals surface area contributed by atoms with E-state index in [0.717, 1.165) is 12.1 Å². The molecule has 0 aliphatic carbocycles. The maximum absolute atomic E-state index is 11.7. The van der Waals surface area contributed by atoms with Crippen molar-refractivity contribution in [2.75, 3.05) is 6.54 Å². The molecule has 0 aliphatic rings. The van der Waals surface area contributed by atoms with E-state index in [2.05, 4.69) is 9.14 Å². The molecule has 0 fully saturated rings. The number of nitrogens with two attached hydrogens (primary N) is 1. The van der Waals surface area contributed by atoms with Crippen molar-refractivity contribution >= 4 is 21.9 Å². The Morgan fingerprint density at radius 1 is 1.32 bits per heavy atom. The van der Waals surface area contributed by atoms with Crippen LogP contribution in [0.5, 0.6) is 0 Å². The summed E-state index contributed by atoms with van der Waals surface area (Å²) in [6.45, 7) is 0.110. The van der Waals surface area contributed by atoms with Crippen LogP contribution in [0.25, 0.3) is 0 Å². The smallest absolute Gasteiger partial charge is 0.371 e. The summed E-state index contributed by atoms with van der Waals surface area (Å²) in [5, 5.41) is 8.15. The number of nitrogens with one attached hydrogen (secondary N) is 1. The Bertz CT molecular complexity index is 562. The minimum absolute atomic E-state index is 0.110. The molecule has 0 bridgehead atoms. The zero-order chi connectivity index (χ0) is 14.5. The number of amides is 1. The first-order valence-corrected chi connectivity index (χ1v) is 6.92. The van der Waals surface area contributed by atoms with Gasteiger partial charge in [0.2, 0.25) is 16.8 Å². The predicted molar refractivity (Wildman–Crippen MR) is 63.9 cm³/mol. The quantitative estimate of drug-likeness (QED) is 0.572. The van der Waals surface area contributed by atoms with Crippen LogP contribution in [0.4, 0.5) is 0 Å². The van der Waals surface area contributed by atoms with Crippen molar-refractivity contribution in [1.82, 2.24) is 4.72 Å². The van der Waals surface area contributed by atoms with E-state index < -0.39 is 32.8 Å². The van der Waals surface area contributed by atoms with E-state index in [0.29, 0.717) is 12.8 Å². The lowest BCUT2D eigenvalue weighted by atomic mass is 10.2. The van der Waals surface area contributed by atoms with Crippen LogP contribution in [0.15, 0.2) is 21.6 Å². The highest BCUT2D eigenvalue weighted by molar-refractivity contribution is 7.89. The molecule has 1 aromatic heterocycles. The molecule has 1 heterocycles. The number of unbranched alkanes of at least 4 members (excludes halogenated alkanes) is 1. The molecule has 1 rings (SSSR count). The Kier molecular flexibility index (Phi) is 5.07. The molecule has 9 heteroatoms. The van der Waals surface area contributed by atoms with Gasteiger partial charge in [-0.1, -0.05) is 0 Å². The van der Waals surface area contributed by atoms with Gasteiger partial charge >= 0.3 is 5.97 Å². The fourth-order valence-corrected chi connectivity index (χ4v) is 2.28. The summed E-state index contributed by atoms with van der Waals surface area (Å²) in [4.78, 5) is 21.0. The molecule has 0 aromatic carbocycles. The molecule has 0 spiro atoms. The van der Waals surface area contributed by atoms with Gasteiger partial charge in [-0.3, -0.25) is 4.79 Å². The maximum atomic E-state index is 11.7. The van der Waals surface area contributed by atoms with E-state index >= 15 is 0 Å². The zero-order valence-corrected chi connectivity index (χ0v) is 10.8. The molecule has 0 radical (unpaired) electrons. The van der Waals surface area contributed by atoms with Crippen LogP contribution in [-0.2, 0) is 14.8 Å². The van der Waals surface area contributed by atoms with E-state index in [9.17, 15) is 18.0 Å². The van der Waals surface area contributed by atoms with Crippen molar-refractivity contribution in [3.63, 3.8) is 0 Å². The van der Waals surface area contributed by atoms with Crippen LogP contribution < -0.4 is 10.5 Å². The van der Waals surface area contributed by atoms with Gasteiger partial charge in [-0.15, -0.1) is 0 Å². The highest BCUT2D eigenvalue weighted by Gasteiger charge is 2.20. The molecule has 1 amide bonds. The molecule has 106 valence electrons. The Morgan fingerprint density at radius 3 is 2.53 bits per heavy atom. The number of sulfonamides is 1. The molecular weight excluding hydrogens is 276 g/mol. The van der Waals surface area contributed by atoms with Gasteiger partial charge in [-0.25, -0.2) is 17.9 Å². The van der Waals surface area contributed by atoms with E-state index in [1.165, 1.54) is 0 Å². The first-order valence-electron chi connectivity index (χ1n) is 5.44. The number of primary amides is 1. The van der Waals surface area contributed by atoms with Gasteiger partial charge in [0.15, 0.2) is 0 Å². The van der Waals surface area contributed by atoms with E-state index in [-0.39, 0.29) is 13.0 Å². The minimum atomic E-state index is -3.87. The number of carboxylic acid groups (broad SMARTS) is 1. The molecule has 0 unspecified atom stereocenters. The van der Waals surface area contributed by atoms with Crippen molar-refractivity contribution in [2.24, 2.45) is 5.73 Å². The van der Waals surface area contributed by atoms with Crippen molar-refractivity contribution in [2.45, 2.75) is 24.4 Å². The van der Waals surface area contributed by atoms with Gasteiger partial charge in [0.1, 0.15) is 0 Å². The second kappa shape index (κ2) is 6.34. The molecule has 0 aliphatic heterocycles. The molecule has 0 saturated heterocycles. The molecule has 0 saturated carbocycles. The molecule has 19 heavy (non-hydrogen) atoms. The standard InChI is InChI=1S/C10H14N2O6S/c11-8(13)3-1-2-6-12-19(16,17)9-5-4-7(18-9)10(14)15/h4-5,12H,1-3,6H2,(H2,11,13)(H,14,15). The Labute approximate surface area is 109 Å². The van der Waals surface area contributed by atoms with Crippen molar-refractivity contribution < 1.29 is 27.5 Å². The maximum Gasteiger partial charge on any atom is 0.371 e. The molecule has 1 aromatic rings. The van der Waals surface area contributed by atoms with E-state index in [1.807, 2.05) is 0 Å². The van der Waals surface area contributed by atoms with Gasteiger partial charge in [0.25, 0.3) is 10.0 Å². The van der Waals surface area contributed by atoms with Gasteiger partial charge in [-0.05, 0) is 25.0 Å². The topological polar surface area (TPSA) is 140 Å². The fraction of sp³-hybridized carbons (Fsp3) is 0.400. The van der Waals surface area contributed by atoms with Gasteiger partial charge in [-0.2, -0.15) is 0 Å². The molecule has 4 N–H and O–H groups in total. The summed E-state index contributed by atoms with van der Waals surface area (Å²) < 4.78 is 30.3. The predicted octanol–water partition coefficient (Wildman–Crippen LogP) is -0.0883. The summed E-state index contributed by atoms with van der Waals surface area (Å²) >= 11 is 0. The minimum Gasteiger partial charge on any atom is -0.475 e. The monoisotopic (exact) mass is 290 g/mol. The number of furan rings is 1. The summed E-state index contributed by atoms with van der Waals surface area (Å²) in [7, 11) is -3.87. The van der Waals surface area contributed by atoms with Crippen molar-refractivity contribution in [3.05, 3.63) is 17.9 Å². The zero-order valence-electron chi connectivity index (χ0n) is 9.96. The van der Waals surface area contributed by atoms with Crippen LogP contribution in [-0.4, -0.2) is 31.9 Å². The van der Waals surface area contributed by atoms with Gasteiger partial charge in [0, 0.05) is 13.0 Å². The lowest BCUT2D eigenvalue weighted by Gasteiger charge is -2.03. The average molecular weight is 290 g/mol. The number of carbonyl (C=O) groups excluding carboxylic acids is 1. The highest BCUT2D eigenvalue weighted by atomic mass is 32.2. The summed E-state index contributed by atoms with van der Waals surface area (Å²) in [5.74, 6) is -2.24. The van der Waals surface area contributed by atoms with Gasteiger partial charge in [0.05, 0.1) is 0 Å². The van der Waals surface area contributed by atoms with Crippen LogP contribution in [0.3, 0.4) is 0 Å². The van der Waals surface area contributed by atoms with Crippen LogP contribution in [0.1, 0.15) is 29.8 Å². The van der Waals surface area contributed by atoms with Crippen LogP contribution >= 0.6 is 0 Å².